The van der Waals surface area contributed by atoms with Gasteiger partial charge in [0.05, 0.1) is 25.8 Å². The van der Waals surface area contributed by atoms with Crippen molar-refractivity contribution < 1.29 is 9.47 Å². The summed E-state index contributed by atoms with van der Waals surface area (Å²) >= 11 is 0. The van der Waals surface area contributed by atoms with Crippen LogP contribution in [0.2, 0.25) is 0 Å². The standard InChI is InChI=1S/C22H25N3O2/c1-26-16-7-8-19(21(15-16)27-2)22(25-13-11-23-12-14-25)18-9-10-24-20-6-4-3-5-17(18)20/h3-10,15,22-23H,11-14H2,1-2H3. The van der Waals surface area contributed by atoms with E-state index in [-0.39, 0.29) is 6.04 Å². The van der Waals surface area contributed by atoms with E-state index in [9.17, 15) is 0 Å². The second-order valence-electron chi connectivity index (χ2n) is 6.71. The molecule has 5 heteroatoms. The van der Waals surface area contributed by atoms with Crippen molar-refractivity contribution in [3.8, 4) is 11.5 Å². The number of piperazine rings is 1. The fourth-order valence-electron chi connectivity index (χ4n) is 3.90. The second-order valence-corrected chi connectivity index (χ2v) is 6.71. The number of ether oxygens (including phenoxy) is 2. The van der Waals surface area contributed by atoms with Crippen molar-refractivity contribution in [3.63, 3.8) is 0 Å². The normalized spacial score (nSPS) is 16.2. The van der Waals surface area contributed by atoms with Gasteiger partial charge in [0.1, 0.15) is 11.5 Å². The highest BCUT2D eigenvalue weighted by Crippen LogP contribution is 2.39. The maximum Gasteiger partial charge on any atom is 0.127 e. The molecule has 0 bridgehead atoms. The molecule has 1 saturated heterocycles. The molecule has 2 heterocycles. The number of para-hydroxylation sites is 1. The minimum atomic E-state index is 0.0980. The Bertz CT molecular complexity index is 917. The van der Waals surface area contributed by atoms with Crippen LogP contribution in [0.4, 0.5) is 0 Å². The summed E-state index contributed by atoms with van der Waals surface area (Å²) in [6.07, 6.45) is 1.91. The number of methoxy groups -OCH3 is 2. The van der Waals surface area contributed by atoms with E-state index in [1.54, 1.807) is 14.2 Å². The van der Waals surface area contributed by atoms with E-state index in [1.807, 2.05) is 24.4 Å². The van der Waals surface area contributed by atoms with Crippen LogP contribution in [0.15, 0.2) is 54.7 Å². The molecule has 0 amide bonds. The molecule has 1 aromatic heterocycles. The lowest BCUT2D eigenvalue weighted by Gasteiger charge is -2.36. The number of aromatic nitrogens is 1. The van der Waals surface area contributed by atoms with Crippen molar-refractivity contribution in [2.24, 2.45) is 0 Å². The van der Waals surface area contributed by atoms with Crippen molar-refractivity contribution in [2.45, 2.75) is 6.04 Å². The average molecular weight is 363 g/mol. The lowest BCUT2D eigenvalue weighted by atomic mass is 9.93. The molecule has 1 unspecified atom stereocenters. The van der Waals surface area contributed by atoms with Gasteiger partial charge < -0.3 is 14.8 Å². The highest BCUT2D eigenvalue weighted by atomic mass is 16.5. The van der Waals surface area contributed by atoms with E-state index in [1.165, 1.54) is 10.9 Å². The van der Waals surface area contributed by atoms with Gasteiger partial charge in [-0.25, -0.2) is 0 Å². The maximum absolute atomic E-state index is 5.76. The molecule has 1 N–H and O–H groups in total. The Kier molecular flexibility index (Phi) is 5.23. The molecule has 1 aliphatic heterocycles. The first-order chi connectivity index (χ1) is 13.3. The van der Waals surface area contributed by atoms with Crippen LogP contribution in [-0.2, 0) is 0 Å². The molecule has 1 aliphatic rings. The zero-order valence-electron chi connectivity index (χ0n) is 15.8. The summed E-state index contributed by atoms with van der Waals surface area (Å²) < 4.78 is 11.2. The minimum Gasteiger partial charge on any atom is -0.497 e. The second kappa shape index (κ2) is 7.94. The van der Waals surface area contributed by atoms with Gasteiger partial charge in [0.2, 0.25) is 0 Å². The molecule has 0 saturated carbocycles. The van der Waals surface area contributed by atoms with Gasteiger partial charge in [-0.1, -0.05) is 18.2 Å². The lowest BCUT2D eigenvalue weighted by Crippen LogP contribution is -2.45. The van der Waals surface area contributed by atoms with E-state index in [0.717, 1.165) is 48.8 Å². The van der Waals surface area contributed by atoms with Crippen molar-refractivity contribution in [3.05, 3.63) is 65.9 Å². The van der Waals surface area contributed by atoms with Crippen LogP contribution >= 0.6 is 0 Å². The van der Waals surface area contributed by atoms with Crippen molar-refractivity contribution >= 4 is 10.9 Å². The number of hydrogen-bond acceptors (Lipinski definition) is 5. The molecule has 2 aromatic carbocycles. The molecule has 4 rings (SSSR count). The number of pyridine rings is 1. The summed E-state index contributed by atoms with van der Waals surface area (Å²) in [5.41, 5.74) is 3.42. The number of nitrogens with zero attached hydrogens (tertiary/aromatic N) is 2. The topological polar surface area (TPSA) is 46.6 Å². The lowest BCUT2D eigenvalue weighted by molar-refractivity contribution is 0.196. The van der Waals surface area contributed by atoms with Gasteiger partial charge in [-0.2, -0.15) is 0 Å². The van der Waals surface area contributed by atoms with Gasteiger partial charge in [-0.3, -0.25) is 9.88 Å². The molecular formula is C22H25N3O2. The molecule has 27 heavy (non-hydrogen) atoms. The third-order valence-corrected chi connectivity index (χ3v) is 5.23. The van der Waals surface area contributed by atoms with E-state index in [2.05, 4.69) is 45.5 Å². The highest BCUT2D eigenvalue weighted by Gasteiger charge is 2.28. The van der Waals surface area contributed by atoms with Gasteiger partial charge in [-0.15, -0.1) is 0 Å². The maximum atomic E-state index is 5.76. The molecule has 5 nitrogen and oxygen atoms in total. The van der Waals surface area contributed by atoms with Gasteiger partial charge in [0.25, 0.3) is 0 Å². The van der Waals surface area contributed by atoms with Crippen molar-refractivity contribution in [1.29, 1.82) is 0 Å². The Hall–Kier alpha value is -2.63. The van der Waals surface area contributed by atoms with Crippen LogP contribution in [0.1, 0.15) is 17.2 Å². The summed E-state index contributed by atoms with van der Waals surface area (Å²) in [6, 6.07) is 16.7. The quantitative estimate of drug-likeness (QED) is 0.754. The van der Waals surface area contributed by atoms with E-state index in [0.29, 0.717) is 0 Å². The molecule has 1 fully saturated rings. The van der Waals surface area contributed by atoms with Crippen LogP contribution in [0.25, 0.3) is 10.9 Å². The molecular weight excluding hydrogens is 338 g/mol. The number of rotatable bonds is 5. The van der Waals surface area contributed by atoms with Crippen LogP contribution < -0.4 is 14.8 Å². The number of nitrogens with one attached hydrogen (secondary N) is 1. The highest BCUT2D eigenvalue weighted by molar-refractivity contribution is 5.83. The molecule has 0 aliphatic carbocycles. The molecule has 1 atom stereocenters. The third kappa shape index (κ3) is 3.48. The predicted molar refractivity (Wildman–Crippen MR) is 108 cm³/mol. The monoisotopic (exact) mass is 363 g/mol. The molecule has 0 spiro atoms. The Labute approximate surface area is 159 Å². The Morgan fingerprint density at radius 1 is 0.963 bits per heavy atom. The first kappa shape index (κ1) is 17.8. The number of benzene rings is 2. The Balaban J connectivity index is 1.90. The molecule has 0 radical (unpaired) electrons. The zero-order valence-corrected chi connectivity index (χ0v) is 15.8. The van der Waals surface area contributed by atoms with E-state index in [4.69, 9.17) is 9.47 Å². The van der Waals surface area contributed by atoms with Gasteiger partial charge in [0, 0.05) is 49.4 Å². The smallest absolute Gasteiger partial charge is 0.127 e. The van der Waals surface area contributed by atoms with Crippen LogP contribution in [-0.4, -0.2) is 50.3 Å². The summed E-state index contributed by atoms with van der Waals surface area (Å²) in [5, 5.41) is 4.63. The molecule has 3 aromatic rings. The first-order valence-electron chi connectivity index (χ1n) is 9.32. The summed E-state index contributed by atoms with van der Waals surface area (Å²) in [6.45, 7) is 3.93. The Morgan fingerprint density at radius 2 is 1.78 bits per heavy atom. The van der Waals surface area contributed by atoms with Gasteiger partial charge in [-0.05, 0) is 29.8 Å². The summed E-state index contributed by atoms with van der Waals surface area (Å²) in [5.74, 6) is 1.65. The first-order valence-corrected chi connectivity index (χ1v) is 9.32. The van der Waals surface area contributed by atoms with Crippen LogP contribution in [0, 0.1) is 0 Å². The molecule has 140 valence electrons. The van der Waals surface area contributed by atoms with Crippen LogP contribution in [0.5, 0.6) is 11.5 Å². The SMILES string of the molecule is COc1ccc(C(c2ccnc3ccccc23)N2CCNCC2)c(OC)c1. The van der Waals surface area contributed by atoms with Crippen molar-refractivity contribution in [2.75, 3.05) is 40.4 Å². The van der Waals surface area contributed by atoms with Crippen molar-refractivity contribution in [1.82, 2.24) is 15.2 Å². The fraction of sp³-hybridized carbons (Fsp3) is 0.318. The minimum absolute atomic E-state index is 0.0980. The largest absolute Gasteiger partial charge is 0.497 e. The zero-order chi connectivity index (χ0) is 18.6. The third-order valence-electron chi connectivity index (χ3n) is 5.23. The van der Waals surface area contributed by atoms with Crippen LogP contribution in [0.3, 0.4) is 0 Å². The summed E-state index contributed by atoms with van der Waals surface area (Å²) in [7, 11) is 3.40. The van der Waals surface area contributed by atoms with Gasteiger partial charge in [0.15, 0.2) is 0 Å². The van der Waals surface area contributed by atoms with E-state index < -0.39 is 0 Å². The summed E-state index contributed by atoms with van der Waals surface area (Å²) in [4.78, 5) is 7.07. The number of fused-ring (bicyclic) bond motifs is 1. The van der Waals surface area contributed by atoms with E-state index >= 15 is 0 Å². The number of hydrogen-bond donors (Lipinski definition) is 1. The average Bonchev–Trinajstić information content (AvgIpc) is 2.75. The Morgan fingerprint density at radius 3 is 2.56 bits per heavy atom. The van der Waals surface area contributed by atoms with Gasteiger partial charge >= 0.3 is 0 Å². The predicted octanol–water partition coefficient (Wildman–Crippen LogP) is 3.25. The fourth-order valence-corrected chi connectivity index (χ4v) is 3.90.